The second kappa shape index (κ2) is 5.17. The Morgan fingerprint density at radius 3 is 2.58 bits per heavy atom. The predicted octanol–water partition coefficient (Wildman–Crippen LogP) is 1.89. The maximum absolute atomic E-state index is 11.0. The average Bonchev–Trinajstić information content (AvgIpc) is 2.05. The van der Waals surface area contributed by atoms with Crippen LogP contribution >= 0.6 is 12.4 Å². The van der Waals surface area contributed by atoms with Gasteiger partial charge in [0.1, 0.15) is 0 Å². The van der Waals surface area contributed by atoms with E-state index >= 15 is 0 Å². The van der Waals surface area contributed by atoms with E-state index < -0.39 is 10.8 Å². The Kier molecular flexibility index (Phi) is 4.93. The van der Waals surface area contributed by atoms with Crippen LogP contribution in [-0.2, 0) is 10.8 Å². The van der Waals surface area contributed by atoms with Gasteiger partial charge in [-0.05, 0) is 18.2 Å². The molecule has 0 aromatic heterocycles. The zero-order valence-electron chi connectivity index (χ0n) is 7.03. The van der Waals surface area contributed by atoms with Crippen molar-refractivity contribution in [3.63, 3.8) is 0 Å². The van der Waals surface area contributed by atoms with E-state index in [2.05, 4.69) is 5.32 Å². The van der Waals surface area contributed by atoms with Crippen molar-refractivity contribution in [2.24, 2.45) is 0 Å². The minimum Gasteiger partial charge on any atom is -0.388 e. The Bertz CT molecular complexity index is 278. The summed E-state index contributed by atoms with van der Waals surface area (Å²) in [6, 6.07) is 7.58. The van der Waals surface area contributed by atoms with Crippen LogP contribution in [0, 0.1) is 0 Å². The van der Waals surface area contributed by atoms with Crippen molar-refractivity contribution in [1.82, 2.24) is 0 Å². The molecule has 0 radical (unpaired) electrons. The van der Waals surface area contributed by atoms with Crippen LogP contribution in [-0.4, -0.2) is 17.5 Å². The molecule has 68 valence electrons. The third kappa shape index (κ3) is 2.83. The molecule has 0 heterocycles. The fourth-order valence-electron chi connectivity index (χ4n) is 0.830. The van der Waals surface area contributed by atoms with Crippen molar-refractivity contribution in [3.8, 4) is 0 Å². The topological polar surface area (TPSA) is 29.1 Å². The van der Waals surface area contributed by atoms with Crippen LogP contribution in [0.25, 0.3) is 0 Å². The first kappa shape index (κ1) is 11.5. The van der Waals surface area contributed by atoms with Crippen LogP contribution < -0.4 is 5.32 Å². The van der Waals surface area contributed by atoms with Crippen LogP contribution in [0.4, 0.5) is 5.69 Å². The molecule has 0 amide bonds. The van der Waals surface area contributed by atoms with Gasteiger partial charge in [-0.2, -0.15) is 0 Å². The van der Waals surface area contributed by atoms with Gasteiger partial charge in [-0.1, -0.05) is 6.07 Å². The predicted molar refractivity (Wildman–Crippen MR) is 55.6 cm³/mol. The van der Waals surface area contributed by atoms with Crippen molar-refractivity contribution in [2.45, 2.75) is 4.90 Å². The van der Waals surface area contributed by atoms with E-state index in [-0.39, 0.29) is 12.4 Å². The lowest BCUT2D eigenvalue weighted by molar-refractivity contribution is 0.687. The van der Waals surface area contributed by atoms with Crippen molar-refractivity contribution >= 4 is 28.9 Å². The average molecular weight is 206 g/mol. The van der Waals surface area contributed by atoms with E-state index in [9.17, 15) is 4.21 Å². The highest BCUT2D eigenvalue weighted by Crippen LogP contribution is 2.11. The van der Waals surface area contributed by atoms with Gasteiger partial charge in [0.05, 0.1) is 0 Å². The molecule has 2 nitrogen and oxygen atoms in total. The molecule has 1 aromatic rings. The smallest absolute Gasteiger partial charge is 0.0498 e. The Balaban J connectivity index is 0.00000121. The van der Waals surface area contributed by atoms with E-state index in [1.54, 1.807) is 6.26 Å². The normalized spacial score (nSPS) is 11.5. The summed E-state index contributed by atoms with van der Waals surface area (Å²) in [5.41, 5.74) is 0.998. The first-order chi connectivity index (χ1) is 5.24. The molecule has 1 N–H and O–H groups in total. The fraction of sp³-hybridized carbons (Fsp3) is 0.250. The van der Waals surface area contributed by atoms with Crippen LogP contribution in [0.5, 0.6) is 0 Å². The Labute approximate surface area is 81.2 Å². The van der Waals surface area contributed by atoms with Crippen LogP contribution in [0.1, 0.15) is 0 Å². The van der Waals surface area contributed by atoms with E-state index in [4.69, 9.17) is 0 Å². The Morgan fingerprint density at radius 1 is 1.42 bits per heavy atom. The SMILES string of the molecule is CNc1cccc([S@@](C)=O)c1.Cl. The number of benzene rings is 1. The molecule has 0 aliphatic carbocycles. The summed E-state index contributed by atoms with van der Waals surface area (Å²) < 4.78 is 11.0. The molecule has 0 fully saturated rings. The minimum absolute atomic E-state index is 0. The van der Waals surface area contributed by atoms with Gasteiger partial charge in [0.2, 0.25) is 0 Å². The molecule has 1 aromatic carbocycles. The highest BCUT2D eigenvalue weighted by molar-refractivity contribution is 7.84. The van der Waals surface area contributed by atoms with Gasteiger partial charge >= 0.3 is 0 Å². The molecule has 0 aliphatic rings. The number of hydrogen-bond acceptors (Lipinski definition) is 2. The lowest BCUT2D eigenvalue weighted by Gasteiger charge is -2.00. The molecule has 4 heteroatoms. The number of halogens is 1. The molecule has 0 spiro atoms. The molecule has 12 heavy (non-hydrogen) atoms. The molecule has 0 aliphatic heterocycles. The standard InChI is InChI=1S/C8H11NOS.ClH/c1-9-7-4-3-5-8(6-7)11(2)10;/h3-6,9H,1-2H3;1H/t11-;/m1./s1. The summed E-state index contributed by atoms with van der Waals surface area (Å²) in [6.07, 6.45) is 1.68. The Morgan fingerprint density at radius 2 is 2.08 bits per heavy atom. The van der Waals surface area contributed by atoms with Crippen molar-refractivity contribution in [1.29, 1.82) is 0 Å². The molecular weight excluding hydrogens is 194 g/mol. The summed E-state index contributed by atoms with van der Waals surface area (Å²) in [7, 11) is 0.964. The highest BCUT2D eigenvalue weighted by atomic mass is 35.5. The van der Waals surface area contributed by atoms with Gasteiger partial charge in [0, 0.05) is 34.7 Å². The van der Waals surface area contributed by atoms with Crippen molar-refractivity contribution in [2.75, 3.05) is 18.6 Å². The third-order valence-electron chi connectivity index (χ3n) is 1.45. The highest BCUT2D eigenvalue weighted by Gasteiger charge is 1.96. The van der Waals surface area contributed by atoms with Gasteiger partial charge in [-0.15, -0.1) is 12.4 Å². The molecule has 1 atom stereocenters. The summed E-state index contributed by atoms with van der Waals surface area (Å²) in [6.45, 7) is 0. The minimum atomic E-state index is -0.881. The van der Waals surface area contributed by atoms with E-state index in [0.717, 1.165) is 10.6 Å². The quantitative estimate of drug-likeness (QED) is 0.799. The number of rotatable bonds is 2. The molecule has 1 rings (SSSR count). The lowest BCUT2D eigenvalue weighted by Crippen LogP contribution is -1.91. The number of nitrogens with one attached hydrogen (secondary N) is 1. The second-order valence-corrected chi connectivity index (χ2v) is 3.61. The Hall–Kier alpha value is -0.540. The van der Waals surface area contributed by atoms with E-state index in [0.29, 0.717) is 0 Å². The fourth-order valence-corrected chi connectivity index (χ4v) is 1.39. The molecule has 0 saturated heterocycles. The molecule has 0 saturated carbocycles. The summed E-state index contributed by atoms with van der Waals surface area (Å²) >= 11 is 0. The van der Waals surface area contributed by atoms with E-state index in [1.165, 1.54) is 0 Å². The zero-order valence-corrected chi connectivity index (χ0v) is 8.67. The number of hydrogen-bond donors (Lipinski definition) is 1. The van der Waals surface area contributed by atoms with Crippen LogP contribution in [0.15, 0.2) is 29.2 Å². The van der Waals surface area contributed by atoms with Gasteiger partial charge in [-0.25, -0.2) is 0 Å². The second-order valence-electron chi connectivity index (χ2n) is 2.23. The summed E-state index contributed by atoms with van der Waals surface area (Å²) in [4.78, 5) is 0.858. The first-order valence-corrected chi connectivity index (χ1v) is 4.91. The van der Waals surface area contributed by atoms with Crippen LogP contribution in [0.2, 0.25) is 0 Å². The first-order valence-electron chi connectivity index (χ1n) is 3.35. The summed E-state index contributed by atoms with van der Waals surface area (Å²) in [5, 5.41) is 2.99. The maximum atomic E-state index is 11.0. The van der Waals surface area contributed by atoms with Gasteiger partial charge in [0.15, 0.2) is 0 Å². The van der Waals surface area contributed by atoms with Crippen LogP contribution in [0.3, 0.4) is 0 Å². The molecule has 0 unspecified atom stereocenters. The largest absolute Gasteiger partial charge is 0.388 e. The lowest BCUT2D eigenvalue weighted by atomic mass is 10.3. The van der Waals surface area contributed by atoms with E-state index in [1.807, 2.05) is 31.3 Å². The molecular formula is C8H12ClNOS. The van der Waals surface area contributed by atoms with Gasteiger partial charge in [0.25, 0.3) is 0 Å². The van der Waals surface area contributed by atoms with Crippen molar-refractivity contribution < 1.29 is 4.21 Å². The summed E-state index contributed by atoms with van der Waals surface area (Å²) in [5.74, 6) is 0. The zero-order chi connectivity index (χ0) is 8.27. The van der Waals surface area contributed by atoms with Gasteiger partial charge in [-0.3, -0.25) is 4.21 Å². The monoisotopic (exact) mass is 205 g/mol. The van der Waals surface area contributed by atoms with Crippen molar-refractivity contribution in [3.05, 3.63) is 24.3 Å². The molecule has 0 bridgehead atoms. The third-order valence-corrected chi connectivity index (χ3v) is 2.37. The number of anilines is 1. The maximum Gasteiger partial charge on any atom is 0.0498 e. The van der Waals surface area contributed by atoms with Gasteiger partial charge < -0.3 is 5.32 Å².